The second-order valence-electron chi connectivity index (χ2n) is 4.59. The Balaban J connectivity index is 1.87. The maximum atomic E-state index is 11.0. The molecule has 3 aromatic rings. The van der Waals surface area contributed by atoms with Crippen molar-refractivity contribution in [3.63, 3.8) is 0 Å². The fraction of sp³-hybridized carbons (Fsp3) is 0. The molecule has 0 saturated heterocycles. The lowest BCUT2D eigenvalue weighted by molar-refractivity contribution is 0.100. The van der Waals surface area contributed by atoms with E-state index in [4.69, 9.17) is 16.2 Å². The van der Waals surface area contributed by atoms with Gasteiger partial charge in [0.25, 0.3) is 0 Å². The first kappa shape index (κ1) is 12.9. The Bertz CT molecular complexity index is 813. The average Bonchev–Trinajstić information content (AvgIpc) is 2.48. The summed E-state index contributed by atoms with van der Waals surface area (Å²) in [6.07, 6.45) is 0. The molecule has 4 N–H and O–H groups in total. The number of aromatic nitrogens is 1. The highest BCUT2D eigenvalue weighted by atomic mass is 16.5. The van der Waals surface area contributed by atoms with Crippen LogP contribution in [0.5, 0.6) is 11.6 Å². The van der Waals surface area contributed by atoms with Crippen molar-refractivity contribution in [1.82, 2.24) is 4.98 Å². The van der Waals surface area contributed by atoms with Gasteiger partial charge in [-0.05, 0) is 48.5 Å². The average molecular weight is 279 g/mol. The summed E-state index contributed by atoms with van der Waals surface area (Å²) in [5.41, 5.74) is 12.8. The van der Waals surface area contributed by atoms with Gasteiger partial charge < -0.3 is 16.2 Å². The highest BCUT2D eigenvalue weighted by Crippen LogP contribution is 2.23. The zero-order chi connectivity index (χ0) is 14.8. The molecule has 5 heteroatoms. The molecule has 0 aliphatic rings. The lowest BCUT2D eigenvalue weighted by atomic mass is 10.2. The summed E-state index contributed by atoms with van der Waals surface area (Å²) in [5.74, 6) is 0.587. The molecule has 0 fully saturated rings. The third kappa shape index (κ3) is 2.76. The Morgan fingerprint density at radius 1 is 1.00 bits per heavy atom. The fourth-order valence-corrected chi connectivity index (χ4v) is 1.99. The van der Waals surface area contributed by atoms with Crippen LogP contribution in [0, 0.1) is 0 Å². The number of nitrogen functional groups attached to an aromatic ring is 1. The van der Waals surface area contributed by atoms with Crippen molar-refractivity contribution in [2.45, 2.75) is 0 Å². The number of anilines is 1. The number of hydrogen-bond donors (Lipinski definition) is 2. The third-order valence-electron chi connectivity index (χ3n) is 3.05. The molecular weight excluding hydrogens is 266 g/mol. The molecule has 0 radical (unpaired) electrons. The number of amides is 1. The molecule has 104 valence electrons. The van der Waals surface area contributed by atoms with Gasteiger partial charge in [0.1, 0.15) is 5.75 Å². The van der Waals surface area contributed by atoms with Crippen LogP contribution in [-0.2, 0) is 0 Å². The highest BCUT2D eigenvalue weighted by Gasteiger charge is 2.03. The zero-order valence-electron chi connectivity index (χ0n) is 11.1. The maximum absolute atomic E-state index is 11.0. The predicted octanol–water partition coefficient (Wildman–Crippen LogP) is 2.71. The lowest BCUT2D eigenvalue weighted by Crippen LogP contribution is -2.10. The van der Waals surface area contributed by atoms with Crippen LogP contribution in [0.15, 0.2) is 54.6 Å². The van der Waals surface area contributed by atoms with E-state index in [0.717, 1.165) is 10.9 Å². The molecule has 1 amide bonds. The molecule has 0 bridgehead atoms. The van der Waals surface area contributed by atoms with E-state index in [0.29, 0.717) is 22.9 Å². The Kier molecular flexibility index (Phi) is 3.16. The van der Waals surface area contributed by atoms with Crippen LogP contribution in [-0.4, -0.2) is 10.9 Å². The standard InChI is InChI=1S/C16H13N3O2/c17-12-4-7-14-11(9-12)3-8-15(19-14)21-13-5-1-10(2-6-13)16(18)20/h1-9H,17H2,(H2,18,20). The molecule has 0 spiro atoms. The smallest absolute Gasteiger partial charge is 0.248 e. The van der Waals surface area contributed by atoms with Crippen molar-refractivity contribution in [1.29, 1.82) is 0 Å². The highest BCUT2D eigenvalue weighted by molar-refractivity contribution is 5.92. The molecule has 0 aliphatic heterocycles. The lowest BCUT2D eigenvalue weighted by Gasteiger charge is -2.06. The van der Waals surface area contributed by atoms with E-state index in [2.05, 4.69) is 4.98 Å². The second kappa shape index (κ2) is 5.13. The topological polar surface area (TPSA) is 91.2 Å². The number of ether oxygens (including phenoxy) is 1. The summed E-state index contributed by atoms with van der Waals surface area (Å²) < 4.78 is 5.66. The van der Waals surface area contributed by atoms with Gasteiger partial charge in [0.05, 0.1) is 5.52 Å². The minimum Gasteiger partial charge on any atom is -0.439 e. The largest absolute Gasteiger partial charge is 0.439 e. The number of fused-ring (bicyclic) bond motifs is 1. The van der Waals surface area contributed by atoms with Gasteiger partial charge >= 0.3 is 0 Å². The molecule has 5 nitrogen and oxygen atoms in total. The predicted molar refractivity (Wildman–Crippen MR) is 81.2 cm³/mol. The van der Waals surface area contributed by atoms with Crippen molar-refractivity contribution >= 4 is 22.5 Å². The number of carbonyl (C=O) groups excluding carboxylic acids is 1. The molecular formula is C16H13N3O2. The number of nitrogens with two attached hydrogens (primary N) is 2. The van der Waals surface area contributed by atoms with E-state index in [9.17, 15) is 4.79 Å². The van der Waals surface area contributed by atoms with Gasteiger partial charge in [-0.15, -0.1) is 0 Å². The van der Waals surface area contributed by atoms with Crippen molar-refractivity contribution in [2.24, 2.45) is 5.73 Å². The van der Waals surface area contributed by atoms with Crippen LogP contribution in [0.3, 0.4) is 0 Å². The minimum atomic E-state index is -0.469. The number of hydrogen-bond acceptors (Lipinski definition) is 4. The summed E-state index contributed by atoms with van der Waals surface area (Å²) in [7, 11) is 0. The summed E-state index contributed by atoms with van der Waals surface area (Å²) in [6.45, 7) is 0. The van der Waals surface area contributed by atoms with Gasteiger partial charge in [-0.25, -0.2) is 4.98 Å². The van der Waals surface area contributed by atoms with E-state index >= 15 is 0 Å². The number of pyridine rings is 1. The monoisotopic (exact) mass is 279 g/mol. The normalized spacial score (nSPS) is 10.5. The molecule has 2 aromatic carbocycles. The van der Waals surface area contributed by atoms with Crippen molar-refractivity contribution in [3.8, 4) is 11.6 Å². The van der Waals surface area contributed by atoms with E-state index < -0.39 is 5.91 Å². The number of primary amides is 1. The molecule has 1 heterocycles. The van der Waals surface area contributed by atoms with Gasteiger partial charge in [-0.3, -0.25) is 4.79 Å². The molecule has 21 heavy (non-hydrogen) atoms. The molecule has 0 unspecified atom stereocenters. The number of nitrogens with zero attached hydrogens (tertiary/aromatic N) is 1. The van der Waals surface area contributed by atoms with Crippen LogP contribution >= 0.6 is 0 Å². The van der Waals surface area contributed by atoms with Crippen molar-refractivity contribution in [2.75, 3.05) is 5.73 Å². The number of carbonyl (C=O) groups is 1. The Labute approximate surface area is 121 Å². The Morgan fingerprint density at radius 3 is 2.48 bits per heavy atom. The summed E-state index contributed by atoms with van der Waals surface area (Å²) >= 11 is 0. The minimum absolute atomic E-state index is 0.435. The van der Waals surface area contributed by atoms with Crippen molar-refractivity contribution < 1.29 is 9.53 Å². The Morgan fingerprint density at radius 2 is 1.76 bits per heavy atom. The summed E-state index contributed by atoms with van der Waals surface area (Å²) in [6, 6.07) is 15.7. The zero-order valence-corrected chi connectivity index (χ0v) is 11.1. The van der Waals surface area contributed by atoms with Crippen LogP contribution in [0.4, 0.5) is 5.69 Å². The van der Waals surface area contributed by atoms with Crippen LogP contribution in [0.2, 0.25) is 0 Å². The van der Waals surface area contributed by atoms with E-state index in [-0.39, 0.29) is 0 Å². The van der Waals surface area contributed by atoms with Gasteiger partial charge in [0, 0.05) is 22.7 Å². The quantitative estimate of drug-likeness (QED) is 0.721. The Hall–Kier alpha value is -3.08. The second-order valence-corrected chi connectivity index (χ2v) is 4.59. The van der Waals surface area contributed by atoms with Crippen molar-refractivity contribution in [3.05, 3.63) is 60.2 Å². The number of benzene rings is 2. The molecule has 0 atom stereocenters. The summed E-state index contributed by atoms with van der Waals surface area (Å²) in [5, 5.41) is 0.950. The molecule has 0 saturated carbocycles. The maximum Gasteiger partial charge on any atom is 0.248 e. The molecule has 0 aliphatic carbocycles. The van der Waals surface area contributed by atoms with Gasteiger partial charge in [-0.1, -0.05) is 0 Å². The van der Waals surface area contributed by atoms with Crippen LogP contribution in [0.25, 0.3) is 10.9 Å². The van der Waals surface area contributed by atoms with Gasteiger partial charge in [0.2, 0.25) is 11.8 Å². The summed E-state index contributed by atoms with van der Waals surface area (Å²) in [4.78, 5) is 15.4. The van der Waals surface area contributed by atoms with E-state index in [1.807, 2.05) is 18.2 Å². The van der Waals surface area contributed by atoms with Gasteiger partial charge in [0.15, 0.2) is 0 Å². The number of rotatable bonds is 3. The first-order chi connectivity index (χ1) is 10.1. The third-order valence-corrected chi connectivity index (χ3v) is 3.05. The first-order valence-corrected chi connectivity index (χ1v) is 6.36. The van der Waals surface area contributed by atoms with Crippen LogP contribution in [0.1, 0.15) is 10.4 Å². The van der Waals surface area contributed by atoms with Gasteiger partial charge in [-0.2, -0.15) is 0 Å². The fourth-order valence-electron chi connectivity index (χ4n) is 1.99. The SMILES string of the molecule is NC(=O)c1ccc(Oc2ccc3cc(N)ccc3n2)cc1. The van der Waals surface area contributed by atoms with E-state index in [1.165, 1.54) is 0 Å². The molecule has 3 rings (SSSR count). The van der Waals surface area contributed by atoms with Crippen LogP contribution < -0.4 is 16.2 Å². The molecule has 1 aromatic heterocycles. The first-order valence-electron chi connectivity index (χ1n) is 6.36. The van der Waals surface area contributed by atoms with E-state index in [1.54, 1.807) is 36.4 Å².